The van der Waals surface area contributed by atoms with Crippen LogP contribution in [0.5, 0.6) is 0 Å². The first-order chi connectivity index (χ1) is 9.58. The van der Waals surface area contributed by atoms with Gasteiger partial charge in [0.2, 0.25) is 0 Å². The molecule has 0 aliphatic carbocycles. The Labute approximate surface area is 112 Å². The molecule has 20 heavy (non-hydrogen) atoms. The van der Waals surface area contributed by atoms with E-state index in [1.165, 1.54) is 18.2 Å². The maximum atomic E-state index is 11.1. The minimum atomic E-state index is -0.513. The van der Waals surface area contributed by atoms with Crippen LogP contribution >= 0.6 is 0 Å². The monoisotopic (exact) mass is 268 g/mol. The molecule has 0 bridgehead atoms. The Morgan fingerprint density at radius 2 is 1.45 bits per heavy atom. The molecule has 0 amide bonds. The number of nitro groups is 2. The molecule has 0 unspecified atom stereocenters. The van der Waals surface area contributed by atoms with Gasteiger partial charge in [0, 0.05) is 18.2 Å². The molecule has 0 heterocycles. The first-order valence-corrected chi connectivity index (χ1v) is 5.82. The van der Waals surface area contributed by atoms with Gasteiger partial charge in [-0.25, -0.2) is 0 Å². The second-order valence-electron chi connectivity index (χ2n) is 4.36. The van der Waals surface area contributed by atoms with Crippen molar-refractivity contribution in [1.82, 2.24) is 0 Å². The summed E-state index contributed by atoms with van der Waals surface area (Å²) < 4.78 is 0. The van der Waals surface area contributed by atoms with Gasteiger partial charge < -0.3 is 0 Å². The van der Waals surface area contributed by atoms with Crippen molar-refractivity contribution in [2.24, 2.45) is 0 Å². The predicted molar refractivity (Wildman–Crippen MR) is 74.8 cm³/mol. The van der Waals surface area contributed by atoms with E-state index in [4.69, 9.17) is 0 Å². The third-order valence-corrected chi connectivity index (χ3v) is 3.23. The van der Waals surface area contributed by atoms with Crippen LogP contribution in [-0.2, 0) is 0 Å². The maximum Gasteiger partial charge on any atom is 0.277 e. The molecule has 0 spiro atoms. The zero-order valence-electron chi connectivity index (χ0n) is 10.1. The highest BCUT2D eigenvalue weighted by Gasteiger charge is 2.16. The minimum absolute atomic E-state index is 0.0476. The number of nitrogens with zero attached hydrogens (tertiary/aromatic N) is 2. The van der Waals surface area contributed by atoms with Gasteiger partial charge in [-0.15, -0.1) is 0 Å². The number of benzene rings is 3. The third kappa shape index (κ3) is 1.74. The molecule has 0 saturated carbocycles. The lowest BCUT2D eigenvalue weighted by Crippen LogP contribution is -1.92. The Hall–Kier alpha value is -3.02. The summed E-state index contributed by atoms with van der Waals surface area (Å²) in [5, 5.41) is 24.4. The average Bonchev–Trinajstić information content (AvgIpc) is 2.45. The molecule has 0 aliphatic rings. The van der Waals surface area contributed by atoms with E-state index in [-0.39, 0.29) is 11.4 Å². The summed E-state index contributed by atoms with van der Waals surface area (Å²) in [7, 11) is 0. The van der Waals surface area contributed by atoms with E-state index in [1.807, 2.05) is 0 Å². The number of hydrogen-bond acceptors (Lipinski definition) is 4. The summed E-state index contributed by atoms with van der Waals surface area (Å²) in [6.07, 6.45) is 0. The van der Waals surface area contributed by atoms with Gasteiger partial charge in [-0.3, -0.25) is 20.2 Å². The molecule has 3 aromatic carbocycles. The molecule has 6 heteroatoms. The summed E-state index contributed by atoms with van der Waals surface area (Å²) in [6.45, 7) is 0. The smallest absolute Gasteiger partial charge is 0.258 e. The number of hydrogen-bond donors (Lipinski definition) is 0. The molecule has 98 valence electrons. The lowest BCUT2D eigenvalue weighted by atomic mass is 10.00. The van der Waals surface area contributed by atoms with Crippen molar-refractivity contribution >= 4 is 32.9 Å². The molecular weight excluding hydrogens is 260 g/mol. The molecule has 0 radical (unpaired) electrons. The van der Waals surface area contributed by atoms with Gasteiger partial charge in [-0.2, -0.15) is 0 Å². The van der Waals surface area contributed by atoms with Crippen LogP contribution in [0.25, 0.3) is 21.5 Å². The Bertz CT molecular complexity index is 874. The fourth-order valence-corrected chi connectivity index (χ4v) is 2.35. The Morgan fingerprint density at radius 3 is 2.10 bits per heavy atom. The summed E-state index contributed by atoms with van der Waals surface area (Å²) in [5.41, 5.74) is -0.129. The van der Waals surface area contributed by atoms with E-state index < -0.39 is 9.85 Å². The normalized spacial score (nSPS) is 10.8. The number of nitro benzene ring substituents is 2. The second kappa shape index (κ2) is 4.27. The predicted octanol–water partition coefficient (Wildman–Crippen LogP) is 3.81. The molecule has 0 aromatic heterocycles. The molecule has 6 nitrogen and oxygen atoms in total. The van der Waals surface area contributed by atoms with Gasteiger partial charge >= 0.3 is 0 Å². The van der Waals surface area contributed by atoms with Crippen LogP contribution in [0.1, 0.15) is 0 Å². The highest BCUT2D eigenvalue weighted by atomic mass is 16.6. The summed E-state index contributed by atoms with van der Waals surface area (Å²) in [4.78, 5) is 21.0. The van der Waals surface area contributed by atoms with Crippen LogP contribution in [0, 0.1) is 20.2 Å². The Morgan fingerprint density at radius 1 is 0.750 bits per heavy atom. The summed E-state index contributed by atoms with van der Waals surface area (Å²) in [6, 6.07) is 12.7. The molecule has 3 rings (SSSR count). The quantitative estimate of drug-likeness (QED) is 0.401. The molecule has 0 atom stereocenters. The van der Waals surface area contributed by atoms with Gasteiger partial charge in [0.05, 0.1) is 15.2 Å². The number of non-ortho nitro benzene ring substituents is 2. The molecule has 0 aliphatic heterocycles. The van der Waals surface area contributed by atoms with Crippen molar-refractivity contribution < 1.29 is 9.85 Å². The third-order valence-electron chi connectivity index (χ3n) is 3.23. The molecule has 0 fully saturated rings. The van der Waals surface area contributed by atoms with E-state index in [9.17, 15) is 20.2 Å². The van der Waals surface area contributed by atoms with Gasteiger partial charge in [-0.05, 0) is 28.3 Å². The summed E-state index contributed by atoms with van der Waals surface area (Å²) >= 11 is 0. The second-order valence-corrected chi connectivity index (χ2v) is 4.36. The topological polar surface area (TPSA) is 86.3 Å². The molecule has 0 N–H and O–H groups in total. The van der Waals surface area contributed by atoms with Gasteiger partial charge in [0.25, 0.3) is 11.4 Å². The largest absolute Gasteiger partial charge is 0.277 e. The van der Waals surface area contributed by atoms with Crippen molar-refractivity contribution in [3.63, 3.8) is 0 Å². The zero-order chi connectivity index (χ0) is 14.3. The van der Waals surface area contributed by atoms with Crippen LogP contribution < -0.4 is 0 Å². The number of fused-ring (bicyclic) bond motifs is 3. The highest BCUT2D eigenvalue weighted by molar-refractivity contribution is 6.11. The maximum absolute atomic E-state index is 11.1. The van der Waals surface area contributed by atoms with Crippen LogP contribution in [0.3, 0.4) is 0 Å². The molecular formula is C14H8N2O4. The Kier molecular flexibility index (Phi) is 2.57. The van der Waals surface area contributed by atoms with E-state index in [0.29, 0.717) is 16.2 Å². The lowest BCUT2D eigenvalue weighted by molar-refractivity contribution is -0.384. The fraction of sp³-hybridized carbons (Fsp3) is 0. The van der Waals surface area contributed by atoms with Crippen molar-refractivity contribution in [2.45, 2.75) is 0 Å². The average molecular weight is 268 g/mol. The molecule has 3 aromatic rings. The van der Waals surface area contributed by atoms with Gasteiger partial charge in [0.1, 0.15) is 0 Å². The lowest BCUT2D eigenvalue weighted by Gasteiger charge is -2.05. The van der Waals surface area contributed by atoms with Crippen molar-refractivity contribution in [3.8, 4) is 0 Å². The molecule has 0 saturated heterocycles. The van der Waals surface area contributed by atoms with E-state index in [2.05, 4.69) is 0 Å². The summed E-state index contributed by atoms with van der Waals surface area (Å²) in [5.74, 6) is 0. The van der Waals surface area contributed by atoms with Crippen molar-refractivity contribution in [3.05, 3.63) is 68.8 Å². The van der Waals surface area contributed by atoms with Gasteiger partial charge in [0.15, 0.2) is 0 Å². The zero-order valence-corrected chi connectivity index (χ0v) is 10.1. The van der Waals surface area contributed by atoms with Gasteiger partial charge in [-0.1, -0.05) is 18.2 Å². The van der Waals surface area contributed by atoms with Crippen LogP contribution in [0.4, 0.5) is 11.4 Å². The van der Waals surface area contributed by atoms with Crippen molar-refractivity contribution in [2.75, 3.05) is 0 Å². The van der Waals surface area contributed by atoms with E-state index in [1.54, 1.807) is 30.3 Å². The van der Waals surface area contributed by atoms with E-state index in [0.717, 1.165) is 5.39 Å². The minimum Gasteiger partial charge on any atom is -0.258 e. The standard InChI is InChI=1S/C14H8N2O4/c17-15(18)10-5-6-11-9(7-10)8-14(16(19)20)13-4-2-1-3-12(11)13/h1-8H. The SMILES string of the molecule is O=[N+]([O-])c1ccc2c(c1)cc([N+](=O)[O-])c1ccccc12. The van der Waals surface area contributed by atoms with E-state index >= 15 is 0 Å². The number of rotatable bonds is 2. The van der Waals surface area contributed by atoms with Crippen LogP contribution in [0.15, 0.2) is 48.5 Å². The Balaban J connectivity index is 2.48. The van der Waals surface area contributed by atoms with Crippen molar-refractivity contribution in [1.29, 1.82) is 0 Å². The first-order valence-electron chi connectivity index (χ1n) is 5.82. The van der Waals surface area contributed by atoms with Crippen LogP contribution in [0.2, 0.25) is 0 Å². The van der Waals surface area contributed by atoms with Crippen LogP contribution in [-0.4, -0.2) is 9.85 Å². The fourth-order valence-electron chi connectivity index (χ4n) is 2.35. The highest BCUT2D eigenvalue weighted by Crippen LogP contribution is 2.34. The first kappa shape index (κ1) is 12.0.